The number of aliphatic hydroxyl groups is 9. The molecule has 9 N–H and O–H groups in total. The van der Waals surface area contributed by atoms with Crippen LogP contribution in [-0.2, 0) is 23.7 Å². The first-order valence-electron chi connectivity index (χ1n) is 21.4. The number of methoxy groups -OCH3 is 1. The first kappa shape index (κ1) is 44.2. The second-order valence-corrected chi connectivity index (χ2v) is 21.0. The Morgan fingerprint density at radius 3 is 2.05 bits per heavy atom. The maximum atomic E-state index is 12.1. The summed E-state index contributed by atoms with van der Waals surface area (Å²) in [5.74, 6) is -0.0215. The highest BCUT2D eigenvalue weighted by Gasteiger charge is 2.72. The van der Waals surface area contributed by atoms with Gasteiger partial charge in [0.05, 0.1) is 44.2 Å². The van der Waals surface area contributed by atoms with Crippen molar-refractivity contribution in [2.24, 2.45) is 50.2 Å². The van der Waals surface area contributed by atoms with E-state index in [1.807, 2.05) is 6.92 Å². The van der Waals surface area contributed by atoms with Gasteiger partial charge < -0.3 is 69.6 Å². The molecule has 14 nitrogen and oxygen atoms in total. The van der Waals surface area contributed by atoms with Gasteiger partial charge in [-0.05, 0) is 91.8 Å². The molecule has 2 aliphatic heterocycles. The van der Waals surface area contributed by atoms with Crippen LogP contribution < -0.4 is 0 Å². The lowest BCUT2D eigenvalue weighted by atomic mass is 9.32. The maximum absolute atomic E-state index is 12.1. The molecule has 21 unspecified atom stereocenters. The summed E-state index contributed by atoms with van der Waals surface area (Å²) in [5.41, 5.74) is -1.03. The molecule has 328 valence electrons. The molecule has 7 aliphatic rings. The van der Waals surface area contributed by atoms with Crippen LogP contribution in [0.1, 0.15) is 99.8 Å². The highest BCUT2D eigenvalue weighted by Crippen LogP contribution is 2.76. The van der Waals surface area contributed by atoms with Crippen LogP contribution in [-0.4, -0.2) is 153 Å². The fraction of sp³-hybridized carbons (Fsp3) is 0.953. The van der Waals surface area contributed by atoms with E-state index in [4.69, 9.17) is 23.7 Å². The van der Waals surface area contributed by atoms with E-state index in [1.165, 1.54) is 12.5 Å². The van der Waals surface area contributed by atoms with Crippen molar-refractivity contribution in [2.75, 3.05) is 26.9 Å². The summed E-state index contributed by atoms with van der Waals surface area (Å²) in [6, 6.07) is 0. The van der Waals surface area contributed by atoms with Crippen LogP contribution in [0.25, 0.3) is 0 Å². The first-order valence-corrected chi connectivity index (χ1v) is 21.4. The quantitative estimate of drug-likeness (QED) is 0.125. The predicted molar refractivity (Wildman–Crippen MR) is 205 cm³/mol. The predicted octanol–water partition coefficient (Wildman–Crippen LogP) is 1.39. The van der Waals surface area contributed by atoms with Crippen molar-refractivity contribution in [1.82, 2.24) is 0 Å². The number of rotatable bonds is 8. The smallest absolute Gasteiger partial charge is 0.187 e. The molecule has 21 atom stereocenters. The number of ether oxygens (including phenoxy) is 5. The Morgan fingerprint density at radius 2 is 1.42 bits per heavy atom. The molecule has 4 saturated carbocycles. The van der Waals surface area contributed by atoms with Crippen LogP contribution in [0.3, 0.4) is 0 Å². The zero-order chi connectivity index (χ0) is 41.8. The van der Waals surface area contributed by atoms with Gasteiger partial charge in [0.2, 0.25) is 0 Å². The first-order chi connectivity index (χ1) is 26.6. The van der Waals surface area contributed by atoms with E-state index in [1.54, 1.807) is 7.11 Å². The molecule has 0 amide bonds. The van der Waals surface area contributed by atoms with Gasteiger partial charge in [0.1, 0.15) is 42.7 Å². The van der Waals surface area contributed by atoms with Gasteiger partial charge in [0.25, 0.3) is 0 Å². The Morgan fingerprint density at radius 1 is 0.737 bits per heavy atom. The van der Waals surface area contributed by atoms with Gasteiger partial charge in [-0.2, -0.15) is 0 Å². The molecule has 57 heavy (non-hydrogen) atoms. The number of hydrogen-bond acceptors (Lipinski definition) is 14. The second-order valence-electron chi connectivity index (χ2n) is 21.0. The molecule has 0 spiro atoms. The van der Waals surface area contributed by atoms with Crippen LogP contribution >= 0.6 is 0 Å². The molecular weight excluding hydrogens is 740 g/mol. The summed E-state index contributed by atoms with van der Waals surface area (Å²) in [5, 5.41) is 98.6. The standard InChI is InChI=1S/C43H72O14/c1-21-29(48)31(50)32(51)36(54-21)57-34-30(49)25(18-44)55-37(33(34)52)56-28-10-11-39(4)26(40(28,5)19-45)9-12-41(6)35(39)24(53-8)15-22-23-16-38(2,3)13-14-43(23,20-46)27(47)17-42(22,41)7/h15,21,23-37,44-52H,9-14,16-20H2,1-8H3. The van der Waals surface area contributed by atoms with E-state index in [0.717, 1.165) is 32.1 Å². The van der Waals surface area contributed by atoms with Crippen molar-refractivity contribution >= 4 is 0 Å². The van der Waals surface area contributed by atoms with Crippen LogP contribution in [0.2, 0.25) is 0 Å². The van der Waals surface area contributed by atoms with E-state index in [2.05, 4.69) is 40.7 Å². The topological polar surface area (TPSA) is 228 Å². The fourth-order valence-corrected chi connectivity index (χ4v) is 14.0. The van der Waals surface area contributed by atoms with Crippen molar-refractivity contribution in [1.29, 1.82) is 0 Å². The van der Waals surface area contributed by atoms with Gasteiger partial charge in [0.15, 0.2) is 12.6 Å². The molecule has 2 saturated heterocycles. The van der Waals surface area contributed by atoms with E-state index >= 15 is 0 Å². The van der Waals surface area contributed by atoms with E-state index < -0.39 is 91.1 Å². The Labute approximate surface area is 337 Å². The SMILES string of the molecule is COC1C=C2C3CC(C)(C)CCC3(CO)C(O)CC2(C)C2(C)CCC3C(C)(CO)C(OC4OC(CO)C(O)C(OC5OC(C)C(O)C(O)C5O)C4O)CCC3(C)C12. The lowest BCUT2D eigenvalue weighted by Crippen LogP contribution is -2.70. The molecule has 0 aromatic carbocycles. The number of allylic oxidation sites excluding steroid dienone is 1. The third-order valence-corrected chi connectivity index (χ3v) is 17.7. The highest BCUT2D eigenvalue weighted by atomic mass is 16.7. The second kappa shape index (κ2) is 15.2. The number of hydrogen-bond donors (Lipinski definition) is 9. The largest absolute Gasteiger partial charge is 0.396 e. The zero-order valence-electron chi connectivity index (χ0n) is 35.2. The Bertz CT molecular complexity index is 1490. The summed E-state index contributed by atoms with van der Waals surface area (Å²) >= 11 is 0. The molecule has 0 bridgehead atoms. The fourth-order valence-electron chi connectivity index (χ4n) is 14.0. The van der Waals surface area contributed by atoms with Crippen molar-refractivity contribution in [2.45, 2.75) is 180 Å². The van der Waals surface area contributed by atoms with E-state index in [-0.39, 0.29) is 58.7 Å². The van der Waals surface area contributed by atoms with E-state index in [0.29, 0.717) is 19.3 Å². The normalized spacial score (nSPS) is 56.1. The third kappa shape index (κ3) is 6.48. The number of aliphatic hydroxyl groups excluding tert-OH is 9. The number of fused-ring (bicyclic) bond motifs is 7. The minimum absolute atomic E-state index is 0.0150. The Hall–Kier alpha value is -0.820. The summed E-state index contributed by atoms with van der Waals surface area (Å²) in [4.78, 5) is 0. The summed E-state index contributed by atoms with van der Waals surface area (Å²) in [7, 11) is 1.77. The van der Waals surface area contributed by atoms with Crippen molar-refractivity contribution in [3.8, 4) is 0 Å². The molecule has 2 heterocycles. The van der Waals surface area contributed by atoms with Gasteiger partial charge in [-0.25, -0.2) is 0 Å². The molecular formula is C43H72O14. The Balaban J connectivity index is 1.18. The van der Waals surface area contributed by atoms with Crippen LogP contribution in [0.15, 0.2) is 11.6 Å². The van der Waals surface area contributed by atoms with Crippen LogP contribution in [0.5, 0.6) is 0 Å². The van der Waals surface area contributed by atoms with Gasteiger partial charge in [0, 0.05) is 23.9 Å². The molecule has 5 aliphatic carbocycles. The maximum Gasteiger partial charge on any atom is 0.187 e. The van der Waals surface area contributed by atoms with Crippen LogP contribution in [0.4, 0.5) is 0 Å². The minimum atomic E-state index is -1.69. The van der Waals surface area contributed by atoms with Crippen molar-refractivity contribution in [3.05, 3.63) is 11.6 Å². The van der Waals surface area contributed by atoms with E-state index in [9.17, 15) is 46.0 Å². The zero-order valence-corrected chi connectivity index (χ0v) is 35.2. The summed E-state index contributed by atoms with van der Waals surface area (Å²) in [6.07, 6.45) is -7.65. The highest BCUT2D eigenvalue weighted by molar-refractivity contribution is 5.37. The van der Waals surface area contributed by atoms with Crippen molar-refractivity contribution < 1.29 is 69.6 Å². The van der Waals surface area contributed by atoms with Crippen LogP contribution in [0, 0.1) is 50.2 Å². The van der Waals surface area contributed by atoms with Gasteiger partial charge in [-0.3, -0.25) is 0 Å². The third-order valence-electron chi connectivity index (χ3n) is 17.7. The molecule has 6 fully saturated rings. The molecule has 0 aromatic heterocycles. The lowest BCUT2D eigenvalue weighted by molar-refractivity contribution is -0.369. The van der Waals surface area contributed by atoms with Gasteiger partial charge in [-0.15, -0.1) is 0 Å². The molecule has 14 heteroatoms. The van der Waals surface area contributed by atoms with Crippen molar-refractivity contribution in [3.63, 3.8) is 0 Å². The molecule has 0 radical (unpaired) electrons. The summed E-state index contributed by atoms with van der Waals surface area (Å²) < 4.78 is 30.6. The Kier molecular flexibility index (Phi) is 11.8. The molecule has 7 rings (SSSR count). The molecule has 0 aromatic rings. The monoisotopic (exact) mass is 812 g/mol. The van der Waals surface area contributed by atoms with Gasteiger partial charge >= 0.3 is 0 Å². The average molecular weight is 813 g/mol. The lowest BCUT2D eigenvalue weighted by Gasteiger charge is -2.73. The minimum Gasteiger partial charge on any atom is -0.396 e. The summed E-state index contributed by atoms with van der Waals surface area (Å²) in [6.45, 7) is 14.2. The van der Waals surface area contributed by atoms with Gasteiger partial charge in [-0.1, -0.05) is 53.2 Å². The average Bonchev–Trinajstić information content (AvgIpc) is 3.16.